The van der Waals surface area contributed by atoms with E-state index >= 15 is 0 Å². The molecule has 0 unspecified atom stereocenters. The van der Waals surface area contributed by atoms with E-state index in [1.807, 2.05) is 0 Å². The lowest BCUT2D eigenvalue weighted by atomic mass is 10.0. The molecule has 8 nitrogen and oxygen atoms in total. The Morgan fingerprint density at radius 2 is 1.62 bits per heavy atom. The van der Waals surface area contributed by atoms with Crippen molar-refractivity contribution < 1.29 is 21.6 Å². The van der Waals surface area contributed by atoms with Crippen LogP contribution in [0.4, 0.5) is 0 Å². The number of hydrogen-bond acceptors (Lipinski definition) is 5. The standard InChI is InChI=1S/C16H25N3O5S2/c1-3-18(4-2)25(21,22)13-8-10-14(11-9-13)26(23,24)19-12-6-5-7-15(19)16(17)20/h8-11,15H,3-7,12H2,1-2H3,(H2,17,20)/t15-/m1/s1. The predicted octanol–water partition coefficient (Wildman–Crippen LogP) is 0.746. The van der Waals surface area contributed by atoms with Gasteiger partial charge < -0.3 is 5.73 Å². The minimum Gasteiger partial charge on any atom is -0.368 e. The number of rotatable bonds is 7. The van der Waals surface area contributed by atoms with Crippen LogP contribution in [-0.2, 0) is 24.8 Å². The van der Waals surface area contributed by atoms with Gasteiger partial charge in [-0.25, -0.2) is 16.8 Å². The van der Waals surface area contributed by atoms with Gasteiger partial charge in [0.2, 0.25) is 26.0 Å². The van der Waals surface area contributed by atoms with Crippen molar-refractivity contribution in [2.24, 2.45) is 5.73 Å². The Balaban J connectivity index is 2.36. The van der Waals surface area contributed by atoms with Crippen LogP contribution >= 0.6 is 0 Å². The van der Waals surface area contributed by atoms with E-state index in [1.165, 1.54) is 28.6 Å². The van der Waals surface area contributed by atoms with Crippen LogP contribution in [0.5, 0.6) is 0 Å². The average molecular weight is 404 g/mol. The number of piperidine rings is 1. The highest BCUT2D eigenvalue weighted by Crippen LogP contribution is 2.26. The van der Waals surface area contributed by atoms with Gasteiger partial charge in [-0.3, -0.25) is 4.79 Å². The highest BCUT2D eigenvalue weighted by molar-refractivity contribution is 7.89. The van der Waals surface area contributed by atoms with Crippen molar-refractivity contribution in [3.8, 4) is 0 Å². The van der Waals surface area contributed by atoms with E-state index < -0.39 is 32.0 Å². The van der Waals surface area contributed by atoms with Crippen molar-refractivity contribution in [3.05, 3.63) is 24.3 Å². The topological polar surface area (TPSA) is 118 Å². The number of nitrogens with zero attached hydrogens (tertiary/aromatic N) is 2. The molecule has 146 valence electrons. The normalized spacial score (nSPS) is 19.6. The monoisotopic (exact) mass is 403 g/mol. The van der Waals surface area contributed by atoms with E-state index in [0.29, 0.717) is 25.9 Å². The Morgan fingerprint density at radius 1 is 1.08 bits per heavy atom. The highest BCUT2D eigenvalue weighted by Gasteiger charge is 2.36. The van der Waals surface area contributed by atoms with Gasteiger partial charge in [-0.15, -0.1) is 0 Å². The molecule has 1 aliphatic heterocycles. The first kappa shape index (κ1) is 20.8. The zero-order valence-electron chi connectivity index (χ0n) is 15.0. The number of primary amides is 1. The highest BCUT2D eigenvalue weighted by atomic mass is 32.2. The van der Waals surface area contributed by atoms with Gasteiger partial charge in [-0.1, -0.05) is 20.3 Å². The van der Waals surface area contributed by atoms with Crippen molar-refractivity contribution in [1.29, 1.82) is 0 Å². The van der Waals surface area contributed by atoms with Gasteiger partial charge in [0.05, 0.1) is 9.79 Å². The van der Waals surface area contributed by atoms with Gasteiger partial charge in [0, 0.05) is 19.6 Å². The fraction of sp³-hybridized carbons (Fsp3) is 0.562. The first-order valence-corrected chi connectivity index (χ1v) is 11.5. The van der Waals surface area contributed by atoms with E-state index in [-0.39, 0.29) is 16.3 Å². The first-order valence-electron chi connectivity index (χ1n) is 8.57. The van der Waals surface area contributed by atoms with Crippen molar-refractivity contribution in [2.75, 3.05) is 19.6 Å². The molecule has 1 amide bonds. The third-order valence-corrected chi connectivity index (χ3v) is 8.54. The molecule has 0 bridgehead atoms. The van der Waals surface area contributed by atoms with Crippen molar-refractivity contribution in [2.45, 2.75) is 48.9 Å². The Morgan fingerprint density at radius 3 is 2.12 bits per heavy atom. The maximum absolute atomic E-state index is 12.9. The quantitative estimate of drug-likeness (QED) is 0.721. The molecule has 1 fully saturated rings. The van der Waals surface area contributed by atoms with Gasteiger partial charge >= 0.3 is 0 Å². The molecule has 0 saturated carbocycles. The minimum atomic E-state index is -3.93. The average Bonchev–Trinajstić information content (AvgIpc) is 2.62. The molecule has 2 N–H and O–H groups in total. The van der Waals surface area contributed by atoms with Crippen LogP contribution in [0.25, 0.3) is 0 Å². The lowest BCUT2D eigenvalue weighted by Crippen LogP contribution is -2.50. The zero-order valence-corrected chi connectivity index (χ0v) is 16.6. The summed E-state index contributed by atoms with van der Waals surface area (Å²) >= 11 is 0. The number of benzene rings is 1. The number of carbonyl (C=O) groups is 1. The lowest BCUT2D eigenvalue weighted by Gasteiger charge is -2.32. The largest absolute Gasteiger partial charge is 0.368 e. The third kappa shape index (κ3) is 3.93. The maximum atomic E-state index is 12.9. The second-order valence-electron chi connectivity index (χ2n) is 6.09. The molecule has 1 saturated heterocycles. The maximum Gasteiger partial charge on any atom is 0.243 e. The van der Waals surface area contributed by atoms with Crippen LogP contribution in [0.2, 0.25) is 0 Å². The van der Waals surface area contributed by atoms with Crippen LogP contribution < -0.4 is 5.73 Å². The van der Waals surface area contributed by atoms with Crippen molar-refractivity contribution in [1.82, 2.24) is 8.61 Å². The molecular weight excluding hydrogens is 378 g/mol. The molecule has 26 heavy (non-hydrogen) atoms. The van der Waals surface area contributed by atoms with Crippen LogP contribution in [0.1, 0.15) is 33.1 Å². The van der Waals surface area contributed by atoms with E-state index in [0.717, 1.165) is 10.7 Å². The molecule has 0 radical (unpaired) electrons. The van der Waals surface area contributed by atoms with E-state index in [4.69, 9.17) is 5.73 Å². The third-order valence-electron chi connectivity index (χ3n) is 4.56. The number of hydrogen-bond donors (Lipinski definition) is 1. The van der Waals surface area contributed by atoms with Gasteiger partial charge in [-0.2, -0.15) is 8.61 Å². The summed E-state index contributed by atoms with van der Waals surface area (Å²) in [6, 6.07) is 4.22. The molecule has 1 atom stereocenters. The summed E-state index contributed by atoms with van der Waals surface area (Å²) in [4.78, 5) is 11.6. The number of sulfonamides is 2. The summed E-state index contributed by atoms with van der Waals surface area (Å²) < 4.78 is 53.2. The molecule has 1 heterocycles. The molecule has 1 aromatic rings. The lowest BCUT2D eigenvalue weighted by molar-refractivity contribution is -0.122. The molecular formula is C16H25N3O5S2. The Kier molecular flexibility index (Phi) is 6.43. The molecule has 1 aromatic carbocycles. The van der Waals surface area contributed by atoms with Gasteiger partial charge in [0.25, 0.3) is 0 Å². The molecule has 2 rings (SSSR count). The molecule has 10 heteroatoms. The SMILES string of the molecule is CCN(CC)S(=O)(=O)c1ccc(S(=O)(=O)N2CCCC[C@@H]2C(N)=O)cc1. The molecule has 0 aromatic heterocycles. The summed E-state index contributed by atoms with van der Waals surface area (Å²) in [7, 11) is -7.59. The van der Waals surface area contributed by atoms with Crippen LogP contribution in [-0.4, -0.2) is 57.0 Å². The first-order chi connectivity index (χ1) is 12.2. The number of nitrogens with two attached hydrogens (primary N) is 1. The van der Waals surface area contributed by atoms with Crippen LogP contribution in [0.15, 0.2) is 34.1 Å². The van der Waals surface area contributed by atoms with Gasteiger partial charge in [0.1, 0.15) is 6.04 Å². The summed E-state index contributed by atoms with van der Waals surface area (Å²) in [5.74, 6) is -0.672. The fourth-order valence-corrected chi connectivity index (χ4v) is 6.23. The molecule has 1 aliphatic rings. The van der Waals surface area contributed by atoms with Gasteiger partial charge in [-0.05, 0) is 37.1 Å². The van der Waals surface area contributed by atoms with E-state index in [2.05, 4.69) is 0 Å². The Labute approximate surface area is 155 Å². The Hall–Kier alpha value is -1.49. The zero-order chi connectivity index (χ0) is 19.5. The fourth-order valence-electron chi connectivity index (χ4n) is 3.11. The summed E-state index contributed by atoms with van der Waals surface area (Å²) in [5, 5.41) is 0. The predicted molar refractivity (Wildman–Crippen MR) is 97.3 cm³/mol. The minimum absolute atomic E-state index is 0.0326. The second-order valence-corrected chi connectivity index (χ2v) is 9.92. The number of carbonyl (C=O) groups excluding carboxylic acids is 1. The summed E-state index contributed by atoms with van der Waals surface area (Å²) in [6.07, 6.45) is 1.78. The second kappa shape index (κ2) is 8.03. The molecule has 0 aliphatic carbocycles. The van der Waals surface area contributed by atoms with Crippen molar-refractivity contribution in [3.63, 3.8) is 0 Å². The van der Waals surface area contributed by atoms with E-state index in [9.17, 15) is 21.6 Å². The van der Waals surface area contributed by atoms with E-state index in [1.54, 1.807) is 13.8 Å². The van der Waals surface area contributed by atoms with Crippen LogP contribution in [0.3, 0.4) is 0 Å². The molecule has 0 spiro atoms. The summed E-state index contributed by atoms with van der Waals surface area (Å²) in [5.41, 5.74) is 5.35. The van der Waals surface area contributed by atoms with Crippen molar-refractivity contribution >= 4 is 26.0 Å². The van der Waals surface area contributed by atoms with Gasteiger partial charge in [0.15, 0.2) is 0 Å². The van der Waals surface area contributed by atoms with Crippen LogP contribution in [0, 0.1) is 0 Å². The summed E-state index contributed by atoms with van der Waals surface area (Å²) in [6.45, 7) is 4.34. The smallest absolute Gasteiger partial charge is 0.243 e. The Bertz CT molecular complexity index is 846. The number of amides is 1.